The summed E-state index contributed by atoms with van der Waals surface area (Å²) in [4.78, 5) is 24.6. The van der Waals surface area contributed by atoms with Gasteiger partial charge in [-0.3, -0.25) is 9.78 Å². The van der Waals surface area contributed by atoms with E-state index < -0.39 is 17.2 Å². The minimum absolute atomic E-state index is 0.106. The van der Waals surface area contributed by atoms with E-state index in [1.54, 1.807) is 49.6 Å². The van der Waals surface area contributed by atoms with Crippen molar-refractivity contribution in [2.75, 3.05) is 27.4 Å². The van der Waals surface area contributed by atoms with Gasteiger partial charge in [0.05, 0.1) is 55.4 Å². The highest BCUT2D eigenvalue weighted by atomic mass is 19.1. The lowest BCUT2D eigenvalue weighted by Gasteiger charge is -2.32. The highest BCUT2D eigenvalue weighted by molar-refractivity contribution is 5.99. The molecular weight excluding hydrogens is 556 g/mol. The highest BCUT2D eigenvalue weighted by Gasteiger charge is 2.34. The standard InChI is InChI=1S/C33H31F2N3O5/c1-41-24-9-6-20(29(16-24)42-2)18-38-19-28-30(32(38)39)21(15-27(37-28)31-25(34)4-3-5-26(31)35)14-23-8-7-22(17-36-23)33(40)10-12-43-13-11-33/h3-9,15-17,40H,10-14,18-19H2,1-2H3. The fourth-order valence-corrected chi connectivity index (χ4v) is 5.77. The van der Waals surface area contributed by atoms with Crippen molar-refractivity contribution < 1.29 is 32.9 Å². The van der Waals surface area contributed by atoms with Gasteiger partial charge in [-0.25, -0.2) is 13.8 Å². The Morgan fingerprint density at radius 2 is 1.74 bits per heavy atom. The largest absolute Gasteiger partial charge is 0.497 e. The topological polar surface area (TPSA) is 94.0 Å². The van der Waals surface area contributed by atoms with Crippen molar-refractivity contribution in [2.45, 2.75) is 38.0 Å². The number of fused-ring (bicyclic) bond motifs is 1. The average molecular weight is 588 g/mol. The zero-order valence-corrected chi connectivity index (χ0v) is 23.9. The predicted octanol–water partition coefficient (Wildman–Crippen LogP) is 5.18. The summed E-state index contributed by atoms with van der Waals surface area (Å²) in [5.41, 5.74) is 2.34. The molecule has 0 atom stereocenters. The molecule has 10 heteroatoms. The number of carbonyl (C=O) groups is 1. The van der Waals surface area contributed by atoms with E-state index >= 15 is 0 Å². The first-order chi connectivity index (χ1) is 20.8. The maximum absolute atomic E-state index is 14.9. The van der Waals surface area contributed by atoms with Crippen LogP contribution in [0.15, 0.2) is 60.8 Å². The molecule has 0 radical (unpaired) electrons. The number of hydrogen-bond acceptors (Lipinski definition) is 7. The first kappa shape index (κ1) is 28.7. The van der Waals surface area contributed by atoms with Crippen LogP contribution < -0.4 is 9.47 Å². The summed E-state index contributed by atoms with van der Waals surface area (Å²) >= 11 is 0. The lowest BCUT2D eigenvalue weighted by molar-refractivity contribution is -0.0681. The molecular formula is C33H31F2N3O5. The molecule has 8 nitrogen and oxygen atoms in total. The number of benzene rings is 2. The Labute approximate surface area is 247 Å². The Hall–Kier alpha value is -4.41. The lowest BCUT2D eigenvalue weighted by Crippen LogP contribution is -2.33. The molecule has 1 amide bonds. The lowest BCUT2D eigenvalue weighted by atomic mass is 9.87. The number of aliphatic hydroxyl groups is 1. The second-order valence-corrected chi connectivity index (χ2v) is 10.8. The van der Waals surface area contributed by atoms with Crippen LogP contribution in [0.5, 0.6) is 11.5 Å². The summed E-state index contributed by atoms with van der Waals surface area (Å²) in [5.74, 6) is -0.533. The quantitative estimate of drug-likeness (QED) is 0.304. The Kier molecular flexibility index (Phi) is 7.81. The summed E-state index contributed by atoms with van der Waals surface area (Å²) in [7, 11) is 3.11. The Bertz CT molecular complexity index is 1650. The number of halogens is 2. The smallest absolute Gasteiger partial charge is 0.256 e. The molecule has 0 spiro atoms. The van der Waals surface area contributed by atoms with Crippen molar-refractivity contribution in [2.24, 2.45) is 0 Å². The van der Waals surface area contributed by atoms with Gasteiger partial charge in [0.2, 0.25) is 0 Å². The minimum Gasteiger partial charge on any atom is -0.497 e. The zero-order chi connectivity index (χ0) is 30.1. The van der Waals surface area contributed by atoms with Gasteiger partial charge in [0, 0.05) is 61.6 Å². The van der Waals surface area contributed by atoms with E-state index in [1.165, 1.54) is 18.2 Å². The molecule has 43 heavy (non-hydrogen) atoms. The number of nitrogens with zero attached hydrogens (tertiary/aromatic N) is 3. The van der Waals surface area contributed by atoms with Gasteiger partial charge >= 0.3 is 0 Å². The molecule has 0 unspecified atom stereocenters. The maximum Gasteiger partial charge on any atom is 0.256 e. The molecule has 4 aromatic rings. The predicted molar refractivity (Wildman–Crippen MR) is 154 cm³/mol. The fourth-order valence-electron chi connectivity index (χ4n) is 5.77. The van der Waals surface area contributed by atoms with Crippen LogP contribution >= 0.6 is 0 Å². The SMILES string of the molecule is COc1ccc(CN2Cc3nc(-c4c(F)cccc4F)cc(Cc4ccc(C5(O)CCOCC5)cn4)c3C2=O)c(OC)c1. The molecule has 0 bridgehead atoms. The van der Waals surface area contributed by atoms with Gasteiger partial charge in [0.15, 0.2) is 0 Å². The van der Waals surface area contributed by atoms with Crippen molar-refractivity contribution in [3.8, 4) is 22.8 Å². The zero-order valence-electron chi connectivity index (χ0n) is 23.9. The number of hydrogen-bond donors (Lipinski definition) is 1. The van der Waals surface area contributed by atoms with E-state index in [2.05, 4.69) is 9.97 Å². The van der Waals surface area contributed by atoms with Crippen LogP contribution in [0.25, 0.3) is 11.3 Å². The molecule has 1 saturated heterocycles. The summed E-state index contributed by atoms with van der Waals surface area (Å²) in [6.07, 6.45) is 2.82. The van der Waals surface area contributed by atoms with E-state index in [-0.39, 0.29) is 36.7 Å². The number of aromatic nitrogens is 2. The van der Waals surface area contributed by atoms with Crippen LogP contribution in [0, 0.1) is 11.6 Å². The van der Waals surface area contributed by atoms with Crippen molar-refractivity contribution in [1.29, 1.82) is 0 Å². The molecule has 1 fully saturated rings. The first-order valence-corrected chi connectivity index (χ1v) is 14.0. The number of rotatable bonds is 8. The molecule has 2 aliphatic heterocycles. The second-order valence-electron chi connectivity index (χ2n) is 10.8. The van der Waals surface area contributed by atoms with Crippen molar-refractivity contribution in [3.63, 3.8) is 0 Å². The summed E-state index contributed by atoms with van der Waals surface area (Å²) in [6, 6.07) is 14.2. The molecule has 2 aliphatic rings. The van der Waals surface area contributed by atoms with Crippen molar-refractivity contribution in [1.82, 2.24) is 14.9 Å². The van der Waals surface area contributed by atoms with Gasteiger partial charge < -0.3 is 24.2 Å². The Morgan fingerprint density at radius 3 is 2.42 bits per heavy atom. The van der Waals surface area contributed by atoms with Crippen LogP contribution in [-0.2, 0) is 29.8 Å². The number of amides is 1. The number of pyridine rings is 2. The molecule has 2 aromatic carbocycles. The third-order valence-electron chi connectivity index (χ3n) is 8.15. The molecule has 222 valence electrons. The van der Waals surface area contributed by atoms with Crippen LogP contribution in [-0.4, -0.2) is 53.3 Å². The second kappa shape index (κ2) is 11.7. The van der Waals surface area contributed by atoms with E-state index in [1.807, 2.05) is 12.1 Å². The van der Waals surface area contributed by atoms with E-state index in [0.29, 0.717) is 65.6 Å². The van der Waals surface area contributed by atoms with Crippen LogP contribution in [0.4, 0.5) is 8.78 Å². The van der Waals surface area contributed by atoms with Gasteiger partial charge in [-0.05, 0) is 42.0 Å². The normalized spacial score (nSPS) is 15.8. The fraction of sp³-hybridized carbons (Fsp3) is 0.303. The molecule has 0 aliphatic carbocycles. The van der Waals surface area contributed by atoms with Gasteiger partial charge in [-0.2, -0.15) is 0 Å². The number of methoxy groups -OCH3 is 2. The third kappa shape index (κ3) is 5.55. The van der Waals surface area contributed by atoms with E-state index in [4.69, 9.17) is 14.2 Å². The Morgan fingerprint density at radius 1 is 0.977 bits per heavy atom. The molecule has 4 heterocycles. The van der Waals surface area contributed by atoms with Crippen LogP contribution in [0.3, 0.4) is 0 Å². The van der Waals surface area contributed by atoms with Crippen LogP contribution in [0.2, 0.25) is 0 Å². The van der Waals surface area contributed by atoms with Gasteiger partial charge in [-0.15, -0.1) is 0 Å². The molecule has 2 aromatic heterocycles. The summed E-state index contributed by atoms with van der Waals surface area (Å²) in [6.45, 7) is 1.33. The third-order valence-corrected chi connectivity index (χ3v) is 8.15. The minimum atomic E-state index is -1.00. The molecule has 1 N–H and O–H groups in total. The van der Waals surface area contributed by atoms with Crippen molar-refractivity contribution in [3.05, 3.63) is 106 Å². The van der Waals surface area contributed by atoms with Gasteiger partial charge in [0.1, 0.15) is 23.1 Å². The monoisotopic (exact) mass is 587 g/mol. The number of ether oxygens (including phenoxy) is 3. The van der Waals surface area contributed by atoms with Crippen LogP contribution in [0.1, 0.15) is 51.3 Å². The molecule has 6 rings (SSSR count). The highest BCUT2D eigenvalue weighted by Crippen LogP contribution is 2.35. The number of carbonyl (C=O) groups excluding carboxylic acids is 1. The van der Waals surface area contributed by atoms with E-state index in [9.17, 15) is 18.7 Å². The first-order valence-electron chi connectivity index (χ1n) is 14.0. The molecule has 0 saturated carbocycles. The average Bonchev–Trinajstić information content (AvgIpc) is 3.32. The Balaban J connectivity index is 1.36. The maximum atomic E-state index is 14.9. The van der Waals surface area contributed by atoms with Gasteiger partial charge in [-0.1, -0.05) is 12.1 Å². The van der Waals surface area contributed by atoms with Gasteiger partial charge in [0.25, 0.3) is 5.91 Å². The van der Waals surface area contributed by atoms with E-state index in [0.717, 1.165) is 5.56 Å². The summed E-state index contributed by atoms with van der Waals surface area (Å²) < 4.78 is 45.9. The van der Waals surface area contributed by atoms with Crippen molar-refractivity contribution >= 4 is 5.91 Å². The summed E-state index contributed by atoms with van der Waals surface area (Å²) in [5, 5.41) is 11.1.